The lowest BCUT2D eigenvalue weighted by Crippen LogP contribution is -2.47. The van der Waals surface area contributed by atoms with Crippen molar-refractivity contribution >= 4 is 29.9 Å². The van der Waals surface area contributed by atoms with Gasteiger partial charge in [0.1, 0.15) is 11.6 Å². The molecule has 2 aromatic rings. The first-order chi connectivity index (χ1) is 14.6. The number of guanidine groups is 1. The molecule has 1 aromatic heterocycles. The van der Waals surface area contributed by atoms with Gasteiger partial charge in [-0.2, -0.15) is 5.10 Å². The molecule has 170 valence electrons. The average Bonchev–Trinajstić information content (AvgIpc) is 3.13. The highest BCUT2D eigenvalue weighted by Crippen LogP contribution is 2.28. The fraction of sp³-hybridized carbons (Fsp3) is 0.609. The number of halogens is 1. The monoisotopic (exact) mass is 538 g/mol. The highest BCUT2D eigenvalue weighted by atomic mass is 127. The van der Waals surface area contributed by atoms with E-state index >= 15 is 0 Å². The topological polar surface area (TPSA) is 76.4 Å². The number of aliphatic imine (C=N–C) groups is 1. The second kappa shape index (κ2) is 11.2. The van der Waals surface area contributed by atoms with Crippen molar-refractivity contribution < 1.29 is 4.74 Å². The van der Waals surface area contributed by atoms with E-state index in [-0.39, 0.29) is 24.0 Å². The Morgan fingerprint density at radius 2 is 2.06 bits per heavy atom. The van der Waals surface area contributed by atoms with Crippen molar-refractivity contribution in [3.05, 3.63) is 41.5 Å². The number of ether oxygens (including phenoxy) is 1. The van der Waals surface area contributed by atoms with Gasteiger partial charge in [0.05, 0.1) is 19.2 Å². The summed E-state index contributed by atoms with van der Waals surface area (Å²) in [7, 11) is 0. The molecule has 1 aliphatic carbocycles. The van der Waals surface area contributed by atoms with E-state index in [0.29, 0.717) is 24.6 Å². The minimum atomic E-state index is 0. The summed E-state index contributed by atoms with van der Waals surface area (Å²) in [5.74, 6) is 4.20. The molecular formula is C23H35IN6O. The van der Waals surface area contributed by atoms with E-state index in [1.807, 2.05) is 6.07 Å². The number of nitrogens with one attached hydrogen (secondary N) is 2. The largest absolute Gasteiger partial charge is 0.490 e. The number of fused-ring (bicyclic) bond motifs is 1. The van der Waals surface area contributed by atoms with Crippen LogP contribution in [0.4, 0.5) is 0 Å². The Hall–Kier alpha value is -1.84. The van der Waals surface area contributed by atoms with Crippen molar-refractivity contribution in [2.24, 2.45) is 4.99 Å². The van der Waals surface area contributed by atoms with E-state index in [0.717, 1.165) is 67.7 Å². The molecule has 0 saturated heterocycles. The Kier molecular flexibility index (Phi) is 8.57. The molecule has 1 unspecified atom stereocenters. The number of nitrogens with zero attached hydrogens (tertiary/aromatic N) is 4. The summed E-state index contributed by atoms with van der Waals surface area (Å²) in [5.41, 5.74) is 1.13. The molecule has 1 atom stereocenters. The minimum Gasteiger partial charge on any atom is -0.490 e. The highest BCUT2D eigenvalue weighted by molar-refractivity contribution is 14.0. The van der Waals surface area contributed by atoms with Crippen LogP contribution in [-0.2, 0) is 19.5 Å². The van der Waals surface area contributed by atoms with E-state index in [2.05, 4.69) is 64.4 Å². The molecule has 0 radical (unpaired) electrons. The second-order valence-electron chi connectivity index (χ2n) is 8.58. The van der Waals surface area contributed by atoms with Crippen LogP contribution >= 0.6 is 24.0 Å². The van der Waals surface area contributed by atoms with Crippen LogP contribution in [-0.4, -0.2) is 39.4 Å². The molecule has 4 rings (SSSR count). The van der Waals surface area contributed by atoms with Crippen LogP contribution in [0.25, 0.3) is 0 Å². The van der Waals surface area contributed by atoms with E-state index < -0.39 is 0 Å². The third-order valence-electron chi connectivity index (χ3n) is 5.80. The third-order valence-corrected chi connectivity index (χ3v) is 5.80. The summed E-state index contributed by atoms with van der Waals surface area (Å²) < 4.78 is 8.21. The Labute approximate surface area is 202 Å². The number of hydrogen-bond acceptors (Lipinski definition) is 4. The SMILES string of the molecule is CCNC(=NCc1ccccc1OC1CCC1)NC1CCc2nc(C(C)C)nn2C1.I. The Morgan fingerprint density at radius 3 is 2.77 bits per heavy atom. The Morgan fingerprint density at radius 1 is 1.26 bits per heavy atom. The van der Waals surface area contributed by atoms with E-state index in [1.54, 1.807) is 0 Å². The molecule has 2 heterocycles. The lowest BCUT2D eigenvalue weighted by atomic mass is 9.96. The zero-order chi connectivity index (χ0) is 20.9. The van der Waals surface area contributed by atoms with Gasteiger partial charge in [0.25, 0.3) is 0 Å². The Bertz CT molecular complexity index is 877. The summed E-state index contributed by atoms with van der Waals surface area (Å²) in [4.78, 5) is 9.53. The highest BCUT2D eigenvalue weighted by Gasteiger charge is 2.23. The fourth-order valence-corrected chi connectivity index (χ4v) is 3.79. The molecule has 7 nitrogen and oxygen atoms in total. The van der Waals surface area contributed by atoms with Crippen LogP contribution in [0, 0.1) is 0 Å². The first kappa shape index (κ1) is 23.8. The Balaban J connectivity index is 0.00000272. The molecule has 1 aromatic carbocycles. The van der Waals surface area contributed by atoms with Crippen molar-refractivity contribution in [2.75, 3.05) is 6.54 Å². The summed E-state index contributed by atoms with van der Waals surface area (Å²) in [6.07, 6.45) is 5.93. The van der Waals surface area contributed by atoms with Crippen LogP contribution in [0.15, 0.2) is 29.3 Å². The molecule has 1 saturated carbocycles. The van der Waals surface area contributed by atoms with Crippen molar-refractivity contribution in [3.63, 3.8) is 0 Å². The van der Waals surface area contributed by atoms with Gasteiger partial charge in [-0.05, 0) is 38.7 Å². The summed E-state index contributed by atoms with van der Waals surface area (Å²) in [6.45, 7) is 8.61. The van der Waals surface area contributed by atoms with Gasteiger partial charge in [-0.25, -0.2) is 14.7 Å². The predicted octanol–water partition coefficient (Wildman–Crippen LogP) is 4.02. The number of aryl methyl sites for hydroxylation is 1. The lowest BCUT2D eigenvalue weighted by Gasteiger charge is -2.27. The molecule has 0 spiro atoms. The summed E-state index contributed by atoms with van der Waals surface area (Å²) in [5, 5.41) is 11.7. The molecule has 2 aliphatic rings. The van der Waals surface area contributed by atoms with Gasteiger partial charge in [-0.1, -0.05) is 32.0 Å². The van der Waals surface area contributed by atoms with Gasteiger partial charge in [-0.3, -0.25) is 0 Å². The number of hydrogen-bond donors (Lipinski definition) is 2. The van der Waals surface area contributed by atoms with Crippen LogP contribution in [0.5, 0.6) is 5.75 Å². The zero-order valence-corrected chi connectivity index (χ0v) is 21.1. The van der Waals surface area contributed by atoms with E-state index in [9.17, 15) is 0 Å². The van der Waals surface area contributed by atoms with Crippen LogP contribution < -0.4 is 15.4 Å². The quantitative estimate of drug-likeness (QED) is 0.317. The van der Waals surface area contributed by atoms with E-state index in [4.69, 9.17) is 9.73 Å². The van der Waals surface area contributed by atoms with Gasteiger partial charge in [0, 0.05) is 30.5 Å². The summed E-state index contributed by atoms with van der Waals surface area (Å²) in [6, 6.07) is 8.55. The maximum Gasteiger partial charge on any atom is 0.191 e. The minimum absolute atomic E-state index is 0. The average molecular weight is 538 g/mol. The molecule has 0 amide bonds. The van der Waals surface area contributed by atoms with Crippen LogP contribution in [0.3, 0.4) is 0 Å². The van der Waals surface area contributed by atoms with Gasteiger partial charge in [0.2, 0.25) is 0 Å². The van der Waals surface area contributed by atoms with Crippen LogP contribution in [0.1, 0.15) is 69.6 Å². The summed E-state index contributed by atoms with van der Waals surface area (Å²) >= 11 is 0. The predicted molar refractivity (Wildman–Crippen MR) is 134 cm³/mol. The molecular weight excluding hydrogens is 503 g/mol. The number of aromatic nitrogens is 3. The van der Waals surface area contributed by atoms with Gasteiger partial charge in [-0.15, -0.1) is 24.0 Å². The maximum absolute atomic E-state index is 6.16. The van der Waals surface area contributed by atoms with Gasteiger partial charge in [0.15, 0.2) is 11.8 Å². The molecule has 8 heteroatoms. The molecule has 1 fully saturated rings. The number of para-hydroxylation sites is 1. The van der Waals surface area contributed by atoms with Crippen molar-refractivity contribution in [2.45, 2.75) is 84.0 Å². The fourth-order valence-electron chi connectivity index (χ4n) is 3.79. The number of rotatable bonds is 7. The molecule has 1 aliphatic heterocycles. The molecule has 0 bridgehead atoms. The van der Waals surface area contributed by atoms with Crippen molar-refractivity contribution in [3.8, 4) is 5.75 Å². The van der Waals surface area contributed by atoms with Crippen LogP contribution in [0.2, 0.25) is 0 Å². The number of benzene rings is 1. The second-order valence-corrected chi connectivity index (χ2v) is 8.58. The first-order valence-corrected chi connectivity index (χ1v) is 11.4. The third kappa shape index (κ3) is 6.11. The smallest absolute Gasteiger partial charge is 0.191 e. The molecule has 2 N–H and O–H groups in total. The zero-order valence-electron chi connectivity index (χ0n) is 18.8. The van der Waals surface area contributed by atoms with Crippen molar-refractivity contribution in [1.82, 2.24) is 25.4 Å². The van der Waals surface area contributed by atoms with Crippen molar-refractivity contribution in [1.29, 1.82) is 0 Å². The van der Waals surface area contributed by atoms with Gasteiger partial charge < -0.3 is 15.4 Å². The lowest BCUT2D eigenvalue weighted by molar-refractivity contribution is 0.119. The standard InChI is InChI=1S/C23H34N6O.HI/c1-4-24-23(25-14-17-8-5-6-11-20(17)30-19-9-7-10-19)26-18-12-13-21-27-22(16(2)3)28-29(21)15-18;/h5-6,8,11,16,18-19H,4,7,9-10,12-15H2,1-3H3,(H2,24,25,26);1H. The first-order valence-electron chi connectivity index (χ1n) is 11.4. The maximum atomic E-state index is 6.16. The molecule has 31 heavy (non-hydrogen) atoms. The van der Waals surface area contributed by atoms with Gasteiger partial charge >= 0.3 is 0 Å². The normalized spacial score (nSPS) is 18.7. The van der Waals surface area contributed by atoms with E-state index in [1.165, 1.54) is 6.42 Å².